The molecule has 2 aliphatic rings. The first-order valence-corrected chi connectivity index (χ1v) is 11.3. The highest BCUT2D eigenvalue weighted by molar-refractivity contribution is 8.13. The molecule has 1 atom stereocenters. The van der Waals surface area contributed by atoms with Crippen molar-refractivity contribution in [1.82, 2.24) is 0 Å². The molecule has 2 N–H and O–H groups in total. The van der Waals surface area contributed by atoms with Crippen molar-refractivity contribution in [3.63, 3.8) is 0 Å². The van der Waals surface area contributed by atoms with E-state index in [1.807, 2.05) is 11.3 Å². The van der Waals surface area contributed by atoms with Gasteiger partial charge in [-0.3, -0.25) is 4.99 Å². The third-order valence-corrected chi connectivity index (χ3v) is 7.69. The van der Waals surface area contributed by atoms with Gasteiger partial charge in [0.1, 0.15) is 0 Å². The Morgan fingerprint density at radius 1 is 0.889 bits per heavy atom. The molecular weight excluding hydrogens is 368 g/mol. The maximum Gasteiger partial charge on any atom is 0.154 e. The van der Waals surface area contributed by atoms with E-state index in [-0.39, 0.29) is 5.54 Å². The molecule has 0 amide bonds. The van der Waals surface area contributed by atoms with E-state index in [9.17, 15) is 0 Å². The van der Waals surface area contributed by atoms with Gasteiger partial charge in [-0.1, -0.05) is 60.3 Å². The van der Waals surface area contributed by atoms with Crippen molar-refractivity contribution in [2.24, 2.45) is 10.7 Å². The van der Waals surface area contributed by atoms with Crippen LogP contribution in [0.1, 0.15) is 29.7 Å². The lowest BCUT2D eigenvalue weighted by Crippen LogP contribution is -2.34. The predicted molar refractivity (Wildman–Crippen MR) is 119 cm³/mol. The van der Waals surface area contributed by atoms with Crippen LogP contribution in [0.2, 0.25) is 0 Å². The fraction of sp³-hybridized carbons (Fsp3) is 0.261. The van der Waals surface area contributed by atoms with Crippen molar-refractivity contribution in [1.29, 1.82) is 0 Å². The summed E-state index contributed by atoms with van der Waals surface area (Å²) in [5, 5.41) is 0.757. The number of hydrogen-bond donors (Lipinski definition) is 1. The number of aryl methyl sites for hydroxylation is 1. The molecule has 136 valence electrons. The molecule has 5 rings (SSSR count). The number of benzene rings is 2. The number of nitrogens with zero attached hydrogens (tertiary/aromatic N) is 1. The van der Waals surface area contributed by atoms with Crippen molar-refractivity contribution in [3.05, 3.63) is 71.1 Å². The molecule has 0 saturated heterocycles. The Bertz CT molecular complexity index is 1010. The summed E-state index contributed by atoms with van der Waals surface area (Å²) in [6.07, 6.45) is 4.61. The summed E-state index contributed by atoms with van der Waals surface area (Å²) in [6, 6.07) is 21.9. The molecule has 1 unspecified atom stereocenters. The minimum atomic E-state index is -0.0747. The molecule has 0 bridgehead atoms. The van der Waals surface area contributed by atoms with Crippen molar-refractivity contribution in [2.75, 3.05) is 5.75 Å². The van der Waals surface area contributed by atoms with Crippen molar-refractivity contribution in [2.45, 2.75) is 31.2 Å². The van der Waals surface area contributed by atoms with E-state index < -0.39 is 0 Å². The highest BCUT2D eigenvalue weighted by Gasteiger charge is 2.39. The molecule has 2 nitrogen and oxygen atoms in total. The lowest BCUT2D eigenvalue weighted by atomic mass is 9.78. The van der Waals surface area contributed by atoms with Crippen LogP contribution in [0.4, 0.5) is 0 Å². The maximum atomic E-state index is 6.12. The third-order valence-electron chi connectivity index (χ3n) is 5.65. The van der Waals surface area contributed by atoms with E-state index in [4.69, 9.17) is 10.7 Å². The molecule has 1 aromatic heterocycles. The summed E-state index contributed by atoms with van der Waals surface area (Å²) in [5.41, 5.74) is 11.3. The highest BCUT2D eigenvalue weighted by Crippen LogP contribution is 2.49. The maximum absolute atomic E-state index is 6.12. The van der Waals surface area contributed by atoms with Crippen molar-refractivity contribution in [3.8, 4) is 21.6 Å². The zero-order valence-electron chi connectivity index (χ0n) is 15.2. The molecule has 0 radical (unpaired) electrons. The van der Waals surface area contributed by atoms with Gasteiger partial charge in [0.05, 0.1) is 5.54 Å². The summed E-state index contributed by atoms with van der Waals surface area (Å²) >= 11 is 3.64. The fourth-order valence-corrected chi connectivity index (χ4v) is 6.49. The van der Waals surface area contributed by atoms with Gasteiger partial charge in [0.25, 0.3) is 0 Å². The summed E-state index contributed by atoms with van der Waals surface area (Å²) in [5.74, 6) is 1.07. The number of aliphatic imine (C=N–C) groups is 1. The third kappa shape index (κ3) is 3.11. The zero-order valence-corrected chi connectivity index (χ0v) is 16.8. The summed E-state index contributed by atoms with van der Waals surface area (Å²) in [7, 11) is 0. The van der Waals surface area contributed by atoms with Crippen LogP contribution in [-0.4, -0.2) is 10.9 Å². The Morgan fingerprint density at radius 3 is 2.56 bits per heavy atom. The van der Waals surface area contributed by atoms with Crippen LogP contribution in [-0.2, 0) is 12.0 Å². The molecule has 4 heteroatoms. The lowest BCUT2D eigenvalue weighted by molar-refractivity contribution is 0.368. The number of thioether (sulfide) groups is 1. The smallest absolute Gasteiger partial charge is 0.154 e. The van der Waals surface area contributed by atoms with Gasteiger partial charge in [-0.2, -0.15) is 0 Å². The summed E-state index contributed by atoms with van der Waals surface area (Å²) in [4.78, 5) is 7.81. The minimum absolute atomic E-state index is 0.0747. The Labute approximate surface area is 168 Å². The fourth-order valence-electron chi connectivity index (χ4n) is 4.31. The quantitative estimate of drug-likeness (QED) is 0.577. The number of amidine groups is 1. The van der Waals surface area contributed by atoms with Crippen LogP contribution in [0.5, 0.6) is 0 Å². The lowest BCUT2D eigenvalue weighted by Gasteiger charge is -2.36. The summed E-state index contributed by atoms with van der Waals surface area (Å²) in [6.45, 7) is 0. The second kappa shape index (κ2) is 6.84. The van der Waals surface area contributed by atoms with Gasteiger partial charge in [-0.05, 0) is 60.1 Å². The highest BCUT2D eigenvalue weighted by atomic mass is 32.2. The number of hydrogen-bond acceptors (Lipinski definition) is 4. The number of rotatable bonds is 2. The number of nitrogens with two attached hydrogens (primary N) is 1. The monoisotopic (exact) mass is 390 g/mol. The van der Waals surface area contributed by atoms with E-state index in [0.29, 0.717) is 0 Å². The Hall–Kier alpha value is -2.04. The van der Waals surface area contributed by atoms with Gasteiger partial charge in [0.15, 0.2) is 5.17 Å². The molecule has 0 fully saturated rings. The topological polar surface area (TPSA) is 38.4 Å². The Morgan fingerprint density at radius 2 is 1.70 bits per heavy atom. The molecule has 1 aliphatic carbocycles. The van der Waals surface area contributed by atoms with Crippen LogP contribution >= 0.6 is 23.1 Å². The number of thiophene rings is 1. The molecule has 3 aromatic rings. The van der Waals surface area contributed by atoms with E-state index in [0.717, 1.165) is 23.8 Å². The minimum Gasteiger partial charge on any atom is -0.379 e. The first-order chi connectivity index (χ1) is 13.2. The van der Waals surface area contributed by atoms with Crippen LogP contribution in [0.3, 0.4) is 0 Å². The normalized spacial score (nSPS) is 21.7. The van der Waals surface area contributed by atoms with E-state index in [2.05, 4.69) is 60.7 Å². The van der Waals surface area contributed by atoms with Crippen molar-refractivity contribution >= 4 is 28.3 Å². The average Bonchev–Trinajstić information content (AvgIpc) is 3.15. The Balaban J connectivity index is 1.57. The van der Waals surface area contributed by atoms with Crippen LogP contribution in [0, 0.1) is 0 Å². The molecule has 2 aromatic carbocycles. The Kier molecular flexibility index (Phi) is 4.33. The van der Waals surface area contributed by atoms with E-state index >= 15 is 0 Å². The molecule has 1 spiro atoms. The summed E-state index contributed by atoms with van der Waals surface area (Å²) < 4.78 is 0. The molecule has 27 heavy (non-hydrogen) atoms. The van der Waals surface area contributed by atoms with Crippen LogP contribution in [0.25, 0.3) is 21.6 Å². The van der Waals surface area contributed by atoms with Crippen LogP contribution in [0.15, 0.2) is 65.7 Å². The standard InChI is InChI=1S/C23H22N2S2/c24-22-25-23(12-13-26-22)11-5-10-20-19(23)15-21(27-20)18-9-4-8-17(14-18)16-6-2-1-3-7-16/h1-4,6-9,14-15H,5,10-13H2,(H2,24,25). The van der Waals surface area contributed by atoms with Crippen molar-refractivity contribution < 1.29 is 0 Å². The second-order valence-electron chi connectivity index (χ2n) is 7.33. The molecular formula is C23H22N2S2. The second-order valence-corrected chi connectivity index (χ2v) is 9.58. The molecule has 0 saturated carbocycles. The largest absolute Gasteiger partial charge is 0.379 e. The first-order valence-electron chi connectivity index (χ1n) is 9.51. The van der Waals surface area contributed by atoms with E-state index in [1.54, 1.807) is 11.8 Å². The molecule has 1 aliphatic heterocycles. The van der Waals surface area contributed by atoms with Gasteiger partial charge < -0.3 is 5.73 Å². The SMILES string of the molecule is NC1=NC2(CCCc3sc(-c4cccc(-c5ccccc5)c4)cc32)CCS1. The number of fused-ring (bicyclic) bond motifs is 2. The average molecular weight is 391 g/mol. The van der Waals surface area contributed by atoms with Crippen LogP contribution < -0.4 is 5.73 Å². The first kappa shape index (κ1) is 17.1. The zero-order chi connectivity index (χ0) is 18.3. The van der Waals surface area contributed by atoms with Gasteiger partial charge >= 0.3 is 0 Å². The van der Waals surface area contributed by atoms with E-state index in [1.165, 1.54) is 44.8 Å². The predicted octanol–water partition coefficient (Wildman–Crippen LogP) is 6.07. The van der Waals surface area contributed by atoms with Gasteiger partial charge in [0.2, 0.25) is 0 Å². The van der Waals surface area contributed by atoms with Gasteiger partial charge in [-0.25, -0.2) is 0 Å². The van der Waals surface area contributed by atoms with Gasteiger partial charge in [-0.15, -0.1) is 11.3 Å². The molecule has 2 heterocycles. The van der Waals surface area contributed by atoms with Gasteiger partial charge in [0, 0.05) is 15.5 Å².